The summed E-state index contributed by atoms with van der Waals surface area (Å²) in [5.74, 6) is -0.581. The molecule has 0 bridgehead atoms. The number of rotatable bonds is 2. The first kappa shape index (κ1) is 13.6. The van der Waals surface area contributed by atoms with Crippen molar-refractivity contribution in [3.05, 3.63) is 5.82 Å². The largest absolute Gasteiger partial charge is 0.452 e. The van der Waals surface area contributed by atoms with Gasteiger partial charge in [0.05, 0.1) is 0 Å². The third-order valence-corrected chi connectivity index (χ3v) is 4.00. The standard InChI is InChI=1S/C11H16F3N3S/c1-7-5-3-2-4-6-8(7)15-10-16-9(17-18-10)11(12,13)14/h7-8H,2-6H2,1H3,(H,15,16,17). The highest BCUT2D eigenvalue weighted by Gasteiger charge is 2.36. The summed E-state index contributed by atoms with van der Waals surface area (Å²) < 4.78 is 40.5. The average molecular weight is 279 g/mol. The van der Waals surface area contributed by atoms with Gasteiger partial charge in [-0.25, -0.2) is 0 Å². The van der Waals surface area contributed by atoms with E-state index in [1.165, 1.54) is 12.8 Å². The van der Waals surface area contributed by atoms with Gasteiger partial charge in [-0.2, -0.15) is 22.5 Å². The van der Waals surface area contributed by atoms with Crippen molar-refractivity contribution in [3.63, 3.8) is 0 Å². The summed E-state index contributed by atoms with van der Waals surface area (Å²) in [5, 5.41) is 3.39. The molecule has 0 amide bonds. The fourth-order valence-corrected chi connectivity index (χ4v) is 2.91. The molecule has 1 aliphatic carbocycles. The second-order valence-electron chi connectivity index (χ2n) is 4.79. The van der Waals surface area contributed by atoms with Crippen molar-refractivity contribution in [2.45, 2.75) is 51.2 Å². The zero-order chi connectivity index (χ0) is 13.2. The maximum absolute atomic E-state index is 12.4. The number of nitrogens with one attached hydrogen (secondary N) is 1. The number of hydrogen-bond donors (Lipinski definition) is 1. The van der Waals surface area contributed by atoms with Crippen LogP contribution in [0.1, 0.15) is 44.9 Å². The monoisotopic (exact) mass is 279 g/mol. The van der Waals surface area contributed by atoms with Gasteiger partial charge >= 0.3 is 6.18 Å². The summed E-state index contributed by atoms with van der Waals surface area (Å²) in [7, 11) is 0. The van der Waals surface area contributed by atoms with Gasteiger partial charge < -0.3 is 5.32 Å². The SMILES string of the molecule is CC1CCCCCC1Nc1nc(C(F)(F)F)ns1. The molecule has 1 aromatic rings. The topological polar surface area (TPSA) is 37.8 Å². The maximum atomic E-state index is 12.4. The molecule has 0 radical (unpaired) electrons. The molecule has 1 aromatic heterocycles. The Morgan fingerprint density at radius 3 is 2.61 bits per heavy atom. The maximum Gasteiger partial charge on any atom is 0.452 e. The van der Waals surface area contributed by atoms with Crippen LogP contribution in [-0.4, -0.2) is 15.4 Å². The summed E-state index contributed by atoms with van der Waals surface area (Å²) in [6.07, 6.45) is 1.17. The van der Waals surface area contributed by atoms with E-state index in [1.807, 2.05) is 0 Å². The molecule has 2 unspecified atom stereocenters. The Labute approximate surface area is 108 Å². The van der Waals surface area contributed by atoms with Crippen molar-refractivity contribution >= 4 is 16.7 Å². The molecule has 2 atom stereocenters. The highest BCUT2D eigenvalue weighted by molar-refractivity contribution is 7.09. The van der Waals surface area contributed by atoms with Gasteiger partial charge in [0.1, 0.15) is 0 Å². The van der Waals surface area contributed by atoms with Crippen LogP contribution in [0.15, 0.2) is 0 Å². The molecule has 0 saturated heterocycles. The third-order valence-electron chi connectivity index (χ3n) is 3.35. The molecule has 0 aliphatic heterocycles. The highest BCUT2D eigenvalue weighted by Crippen LogP contribution is 2.31. The number of anilines is 1. The zero-order valence-electron chi connectivity index (χ0n) is 10.1. The fraction of sp³-hybridized carbons (Fsp3) is 0.818. The minimum atomic E-state index is -4.45. The molecule has 1 fully saturated rings. The Morgan fingerprint density at radius 1 is 1.22 bits per heavy atom. The van der Waals surface area contributed by atoms with Crippen LogP contribution in [0.4, 0.5) is 18.3 Å². The van der Waals surface area contributed by atoms with Crippen molar-refractivity contribution < 1.29 is 13.2 Å². The van der Waals surface area contributed by atoms with Gasteiger partial charge in [-0.1, -0.05) is 26.2 Å². The van der Waals surface area contributed by atoms with E-state index in [0.29, 0.717) is 5.92 Å². The molecule has 0 spiro atoms. The Balaban J connectivity index is 2.02. The molecular formula is C11H16F3N3S. The number of aromatic nitrogens is 2. The van der Waals surface area contributed by atoms with E-state index in [9.17, 15) is 13.2 Å². The Hall–Kier alpha value is -0.850. The summed E-state index contributed by atoms with van der Waals surface area (Å²) >= 11 is 0.787. The van der Waals surface area contributed by atoms with Crippen molar-refractivity contribution in [1.82, 2.24) is 9.36 Å². The van der Waals surface area contributed by atoms with E-state index in [0.717, 1.165) is 30.8 Å². The first-order valence-electron chi connectivity index (χ1n) is 6.14. The number of halogens is 3. The zero-order valence-corrected chi connectivity index (χ0v) is 10.9. The Morgan fingerprint density at radius 2 is 1.94 bits per heavy atom. The molecule has 1 aliphatic rings. The van der Waals surface area contributed by atoms with Gasteiger partial charge in [0, 0.05) is 17.6 Å². The molecule has 1 heterocycles. The number of hydrogen-bond acceptors (Lipinski definition) is 4. The van der Waals surface area contributed by atoms with Crippen molar-refractivity contribution in [3.8, 4) is 0 Å². The van der Waals surface area contributed by atoms with E-state index in [-0.39, 0.29) is 11.2 Å². The lowest BCUT2D eigenvalue weighted by Crippen LogP contribution is -2.26. The van der Waals surface area contributed by atoms with Gasteiger partial charge in [-0.05, 0) is 18.8 Å². The molecular weight excluding hydrogens is 263 g/mol. The second-order valence-corrected chi connectivity index (χ2v) is 5.54. The van der Waals surface area contributed by atoms with E-state index in [2.05, 4.69) is 21.6 Å². The molecule has 1 saturated carbocycles. The van der Waals surface area contributed by atoms with E-state index in [4.69, 9.17) is 0 Å². The number of nitrogens with zero attached hydrogens (tertiary/aromatic N) is 2. The van der Waals surface area contributed by atoms with Crippen LogP contribution in [0, 0.1) is 5.92 Å². The summed E-state index contributed by atoms with van der Waals surface area (Å²) in [6.45, 7) is 2.13. The van der Waals surface area contributed by atoms with Crippen LogP contribution < -0.4 is 5.32 Å². The molecule has 0 aromatic carbocycles. The summed E-state index contributed by atoms with van der Waals surface area (Å²) in [4.78, 5) is 3.51. The Bertz CT molecular complexity index is 391. The van der Waals surface area contributed by atoms with Gasteiger partial charge in [-0.3, -0.25) is 0 Å². The third kappa shape index (κ3) is 3.34. The van der Waals surface area contributed by atoms with Crippen LogP contribution in [-0.2, 0) is 6.18 Å². The first-order valence-corrected chi connectivity index (χ1v) is 6.91. The molecule has 3 nitrogen and oxygen atoms in total. The first-order chi connectivity index (χ1) is 8.47. The lowest BCUT2D eigenvalue weighted by Gasteiger charge is -2.21. The second kappa shape index (κ2) is 5.42. The van der Waals surface area contributed by atoms with Crippen molar-refractivity contribution in [1.29, 1.82) is 0 Å². The lowest BCUT2D eigenvalue weighted by atomic mass is 9.97. The molecule has 102 valence electrons. The van der Waals surface area contributed by atoms with Crippen LogP contribution in [0.25, 0.3) is 0 Å². The average Bonchev–Trinajstić information content (AvgIpc) is 2.66. The van der Waals surface area contributed by atoms with Crippen molar-refractivity contribution in [2.24, 2.45) is 5.92 Å². The highest BCUT2D eigenvalue weighted by atomic mass is 32.1. The van der Waals surface area contributed by atoms with Crippen molar-refractivity contribution in [2.75, 3.05) is 5.32 Å². The van der Waals surface area contributed by atoms with Crippen LogP contribution in [0.2, 0.25) is 0 Å². The predicted octanol–water partition coefficient (Wildman–Crippen LogP) is 3.94. The van der Waals surface area contributed by atoms with E-state index >= 15 is 0 Å². The normalized spacial score (nSPS) is 25.8. The fourth-order valence-electron chi connectivity index (χ4n) is 2.26. The molecule has 1 N–H and O–H groups in total. The van der Waals surface area contributed by atoms with Crippen LogP contribution in [0.3, 0.4) is 0 Å². The minimum Gasteiger partial charge on any atom is -0.357 e. The van der Waals surface area contributed by atoms with E-state index in [1.54, 1.807) is 0 Å². The molecule has 18 heavy (non-hydrogen) atoms. The van der Waals surface area contributed by atoms with Gasteiger partial charge in [0.2, 0.25) is 11.0 Å². The quantitative estimate of drug-likeness (QED) is 0.833. The van der Waals surface area contributed by atoms with Crippen LogP contribution in [0.5, 0.6) is 0 Å². The van der Waals surface area contributed by atoms with Gasteiger partial charge in [0.15, 0.2) is 0 Å². The number of alkyl halides is 3. The predicted molar refractivity (Wildman–Crippen MR) is 64.6 cm³/mol. The van der Waals surface area contributed by atoms with Gasteiger partial charge in [0.25, 0.3) is 0 Å². The van der Waals surface area contributed by atoms with Gasteiger partial charge in [-0.15, -0.1) is 0 Å². The molecule has 7 heteroatoms. The molecule has 2 rings (SSSR count). The van der Waals surface area contributed by atoms with E-state index < -0.39 is 12.0 Å². The lowest BCUT2D eigenvalue weighted by molar-refractivity contribution is -0.144. The summed E-state index contributed by atoms with van der Waals surface area (Å²) in [6, 6.07) is 0.210. The Kier molecular flexibility index (Phi) is 4.09. The van der Waals surface area contributed by atoms with Crippen LogP contribution >= 0.6 is 11.5 Å². The smallest absolute Gasteiger partial charge is 0.357 e. The minimum absolute atomic E-state index is 0.210. The summed E-state index contributed by atoms with van der Waals surface area (Å²) in [5.41, 5.74) is 0.